The standard InChI is InChI=1S/C41H40ClN5O6S2.C2HF3O2/c1-53-34-13-15-35(16-14-34)54-23-20-43-38-18-17-36(25-40(38)47(49)50)55(51,52)44-41(48)30-9-19-39-29(24-30)8-12-33-27-45(21-22-46(33)39)26-31-4-2-3-5-37(31)28-6-10-32(42)11-7-28;3-2(4,5)1(6)7/h2-7,9-11,13-19,24-25,33,43H,8,12,20-23,26-27H2,1H3,(H,44,48);(H,6,7)/t33-;/m0./s1. The number of carboxylic acids is 1. The summed E-state index contributed by atoms with van der Waals surface area (Å²) in [5.41, 5.74) is 5.62. The van der Waals surface area contributed by atoms with Crippen LogP contribution in [0.5, 0.6) is 5.75 Å². The number of carboxylic acid groups (broad SMARTS) is 1. The van der Waals surface area contributed by atoms with E-state index in [1.54, 1.807) is 31.0 Å². The monoisotopic (exact) mass is 911 g/mol. The van der Waals surface area contributed by atoms with Gasteiger partial charge in [-0.3, -0.25) is 19.8 Å². The van der Waals surface area contributed by atoms with Crippen LogP contribution in [0.1, 0.15) is 27.9 Å². The molecule has 0 bridgehead atoms. The fourth-order valence-corrected chi connectivity index (χ4v) is 9.10. The molecule has 1 fully saturated rings. The number of halogens is 4. The molecule has 0 radical (unpaired) electrons. The van der Waals surface area contributed by atoms with Gasteiger partial charge in [0.1, 0.15) is 11.4 Å². The smallest absolute Gasteiger partial charge is 0.490 e. The number of piperazine rings is 1. The molecule has 19 heteroatoms. The van der Waals surface area contributed by atoms with Crippen molar-refractivity contribution in [1.29, 1.82) is 0 Å². The molecule has 62 heavy (non-hydrogen) atoms. The molecule has 1 atom stereocenters. The molecule has 5 aromatic rings. The van der Waals surface area contributed by atoms with Crippen LogP contribution < -0.4 is 19.7 Å². The van der Waals surface area contributed by atoms with Gasteiger partial charge in [-0.25, -0.2) is 17.9 Å². The third kappa shape index (κ3) is 11.5. The number of nitrogens with zero attached hydrogens (tertiary/aromatic N) is 3. The number of ether oxygens (including phenoxy) is 1. The van der Waals surface area contributed by atoms with E-state index in [2.05, 4.69) is 56.2 Å². The summed E-state index contributed by atoms with van der Waals surface area (Å²) in [4.78, 5) is 39.0. The number of carbonyl (C=O) groups excluding carboxylic acids is 1. The van der Waals surface area contributed by atoms with E-state index >= 15 is 0 Å². The second-order valence-electron chi connectivity index (χ2n) is 14.3. The summed E-state index contributed by atoms with van der Waals surface area (Å²) in [7, 11) is -2.81. The zero-order valence-electron chi connectivity index (χ0n) is 33.1. The number of aliphatic carboxylic acids is 1. The Balaban J connectivity index is 0.000000845. The Morgan fingerprint density at radius 2 is 1.69 bits per heavy atom. The van der Waals surface area contributed by atoms with Crippen molar-refractivity contribution in [2.24, 2.45) is 0 Å². The van der Waals surface area contributed by atoms with Crippen molar-refractivity contribution in [2.45, 2.75) is 41.4 Å². The summed E-state index contributed by atoms with van der Waals surface area (Å²) in [5.74, 6) is -2.19. The summed E-state index contributed by atoms with van der Waals surface area (Å²) in [5, 5.41) is 22.8. The molecule has 1 amide bonds. The minimum Gasteiger partial charge on any atom is -0.497 e. The van der Waals surface area contributed by atoms with Gasteiger partial charge in [0.15, 0.2) is 0 Å². The van der Waals surface area contributed by atoms with Gasteiger partial charge < -0.3 is 20.1 Å². The molecule has 2 aliphatic rings. The number of nitrogens with one attached hydrogen (secondary N) is 2. The number of hydrogen-bond acceptors (Lipinski definition) is 11. The molecule has 13 nitrogen and oxygen atoms in total. The zero-order chi connectivity index (χ0) is 44.6. The molecule has 0 saturated carbocycles. The topological polar surface area (TPSA) is 171 Å². The largest absolute Gasteiger partial charge is 0.497 e. The molecule has 0 aromatic heterocycles. The predicted molar refractivity (Wildman–Crippen MR) is 232 cm³/mol. The highest BCUT2D eigenvalue weighted by atomic mass is 35.5. The number of rotatable bonds is 13. The average molecular weight is 912 g/mol. The Bertz CT molecular complexity index is 2530. The van der Waals surface area contributed by atoms with E-state index in [0.29, 0.717) is 23.4 Å². The van der Waals surface area contributed by atoms with Crippen molar-refractivity contribution < 1.29 is 45.9 Å². The number of sulfonamides is 1. The molecular formula is C43H41ClF3N5O8S2. The van der Waals surface area contributed by atoms with E-state index in [9.17, 15) is 36.5 Å². The first kappa shape index (κ1) is 45.7. The van der Waals surface area contributed by atoms with Gasteiger partial charge in [-0.05, 0) is 102 Å². The number of thioether (sulfide) groups is 1. The van der Waals surface area contributed by atoms with Crippen molar-refractivity contribution in [3.63, 3.8) is 0 Å². The minimum atomic E-state index is -5.08. The van der Waals surface area contributed by atoms with Gasteiger partial charge in [0.25, 0.3) is 21.6 Å². The highest BCUT2D eigenvalue weighted by molar-refractivity contribution is 7.99. The molecule has 0 unspecified atom stereocenters. The maximum atomic E-state index is 13.3. The van der Waals surface area contributed by atoms with Crippen LogP contribution in [0.4, 0.5) is 30.2 Å². The quantitative estimate of drug-likeness (QED) is 0.0446. The van der Waals surface area contributed by atoms with Gasteiger partial charge in [-0.1, -0.05) is 48.0 Å². The number of amides is 1. The first-order chi connectivity index (χ1) is 29.5. The molecule has 0 spiro atoms. The van der Waals surface area contributed by atoms with Gasteiger partial charge in [0.2, 0.25) is 0 Å². The lowest BCUT2D eigenvalue weighted by Gasteiger charge is -2.46. The van der Waals surface area contributed by atoms with Crippen LogP contribution in [0, 0.1) is 10.1 Å². The van der Waals surface area contributed by atoms with Crippen molar-refractivity contribution >= 4 is 62.3 Å². The Morgan fingerprint density at radius 3 is 2.37 bits per heavy atom. The van der Waals surface area contributed by atoms with E-state index in [1.165, 1.54) is 23.3 Å². The molecule has 0 aliphatic carbocycles. The zero-order valence-corrected chi connectivity index (χ0v) is 35.5. The number of carbonyl (C=O) groups is 2. The Kier molecular flexibility index (Phi) is 14.7. The van der Waals surface area contributed by atoms with E-state index in [0.717, 1.165) is 72.5 Å². The molecule has 2 aliphatic heterocycles. The number of benzene rings is 5. The van der Waals surface area contributed by atoms with E-state index in [4.69, 9.17) is 26.2 Å². The third-order valence-corrected chi connectivity index (χ3v) is 12.8. The van der Waals surface area contributed by atoms with Gasteiger partial charge >= 0.3 is 12.1 Å². The van der Waals surface area contributed by atoms with E-state index in [1.807, 2.05) is 42.5 Å². The first-order valence-corrected chi connectivity index (χ1v) is 22.0. The van der Waals surface area contributed by atoms with Crippen molar-refractivity contribution in [2.75, 3.05) is 49.3 Å². The van der Waals surface area contributed by atoms with Crippen LogP contribution >= 0.6 is 23.4 Å². The van der Waals surface area contributed by atoms with E-state index < -0.39 is 38.7 Å². The minimum absolute atomic E-state index is 0.183. The van der Waals surface area contributed by atoms with Crippen LogP contribution in [0.2, 0.25) is 5.02 Å². The number of aryl methyl sites for hydroxylation is 1. The summed E-state index contributed by atoms with van der Waals surface area (Å²) >= 11 is 7.70. The van der Waals surface area contributed by atoms with Crippen LogP contribution in [0.25, 0.3) is 11.1 Å². The fraction of sp³-hybridized carbons (Fsp3) is 0.256. The molecule has 1 saturated heterocycles. The molecule has 3 N–H and O–H groups in total. The lowest BCUT2D eigenvalue weighted by atomic mass is 9.92. The fourth-order valence-electron chi connectivity index (χ4n) is 7.21. The number of nitro groups is 1. The molecular weight excluding hydrogens is 871 g/mol. The van der Waals surface area contributed by atoms with Gasteiger partial charge in [0.05, 0.1) is 16.9 Å². The Morgan fingerprint density at radius 1 is 0.984 bits per heavy atom. The van der Waals surface area contributed by atoms with Gasteiger partial charge in [-0.15, -0.1) is 11.8 Å². The normalized spacial score (nSPS) is 15.0. The van der Waals surface area contributed by atoms with Crippen LogP contribution in [0.15, 0.2) is 119 Å². The van der Waals surface area contributed by atoms with Crippen molar-refractivity contribution in [3.05, 3.63) is 141 Å². The second-order valence-corrected chi connectivity index (χ2v) is 17.5. The summed E-state index contributed by atoms with van der Waals surface area (Å²) < 4.78 is 65.7. The number of hydrogen-bond donors (Lipinski definition) is 3. The highest BCUT2D eigenvalue weighted by Crippen LogP contribution is 2.35. The number of methoxy groups -OCH3 is 1. The number of anilines is 2. The molecule has 326 valence electrons. The van der Waals surface area contributed by atoms with E-state index in [-0.39, 0.29) is 16.1 Å². The molecule has 7 rings (SSSR count). The highest BCUT2D eigenvalue weighted by Gasteiger charge is 2.38. The van der Waals surface area contributed by atoms with Gasteiger partial charge in [-0.2, -0.15) is 13.2 Å². The Labute approximate surface area is 365 Å². The number of alkyl halides is 3. The number of fused-ring (bicyclic) bond motifs is 3. The average Bonchev–Trinajstić information content (AvgIpc) is 3.25. The third-order valence-electron chi connectivity index (χ3n) is 10.2. The van der Waals surface area contributed by atoms with Crippen LogP contribution in [0.3, 0.4) is 0 Å². The number of nitro benzene ring substituents is 1. The van der Waals surface area contributed by atoms with Crippen LogP contribution in [-0.4, -0.2) is 86.5 Å². The summed E-state index contributed by atoms with van der Waals surface area (Å²) in [6.07, 6.45) is -3.44. The van der Waals surface area contributed by atoms with Crippen molar-refractivity contribution in [3.8, 4) is 16.9 Å². The maximum Gasteiger partial charge on any atom is 0.490 e. The SMILES string of the molecule is COc1ccc(SCCNc2ccc(S(=O)(=O)NC(=O)c3ccc4c(c3)CC[C@H]3CN(Cc5ccccc5-c5ccc(Cl)cc5)CCN43)cc2[N+](=O)[O-])cc1.O=C(O)C(F)(F)F. The molecule has 5 aromatic carbocycles. The van der Waals surface area contributed by atoms with Crippen molar-refractivity contribution in [1.82, 2.24) is 9.62 Å². The summed E-state index contributed by atoms with van der Waals surface area (Å²) in [6, 6.07) is 33.1. The Hall–Kier alpha value is -5.82. The first-order valence-electron chi connectivity index (χ1n) is 19.1. The van der Waals surface area contributed by atoms with Crippen LogP contribution in [-0.2, 0) is 27.8 Å². The lowest BCUT2D eigenvalue weighted by Crippen LogP contribution is -2.54. The van der Waals surface area contributed by atoms with Gasteiger partial charge in [0, 0.05) is 71.8 Å². The lowest BCUT2D eigenvalue weighted by molar-refractivity contribution is -0.384. The predicted octanol–water partition coefficient (Wildman–Crippen LogP) is 8.52. The maximum absolute atomic E-state index is 13.3. The summed E-state index contributed by atoms with van der Waals surface area (Å²) in [6.45, 7) is 3.82. The molecule has 2 heterocycles. The second kappa shape index (κ2) is 19.9.